The fourth-order valence-corrected chi connectivity index (χ4v) is 1.72. The van der Waals surface area contributed by atoms with E-state index in [1.54, 1.807) is 0 Å². The molecule has 0 spiro atoms. The van der Waals surface area contributed by atoms with Gasteiger partial charge in [-0.2, -0.15) is 0 Å². The number of hydrogen-bond donors (Lipinski definition) is 2. The molecule has 0 heterocycles. The van der Waals surface area contributed by atoms with E-state index in [-0.39, 0.29) is 23.5 Å². The van der Waals surface area contributed by atoms with Gasteiger partial charge < -0.3 is 11.1 Å². The van der Waals surface area contributed by atoms with Gasteiger partial charge in [0.05, 0.1) is 4.92 Å². The minimum Gasteiger partial charge on any atom is -0.398 e. The Morgan fingerprint density at radius 1 is 1.20 bits per heavy atom. The molecule has 0 unspecified atom stereocenters. The molecule has 2 rings (SSSR count). The molecule has 2 aromatic carbocycles. The number of nitrogens with zero attached hydrogens (tertiary/aromatic N) is 1. The highest BCUT2D eigenvalue weighted by atomic mass is 19.1. The van der Waals surface area contributed by atoms with Crippen molar-refractivity contribution in [1.29, 1.82) is 0 Å². The highest BCUT2D eigenvalue weighted by Gasteiger charge is 2.09. The number of halogens is 2. The van der Waals surface area contributed by atoms with Crippen LogP contribution in [0.4, 0.5) is 25.8 Å². The van der Waals surface area contributed by atoms with Gasteiger partial charge in [-0.25, -0.2) is 8.78 Å². The largest absolute Gasteiger partial charge is 0.398 e. The smallest absolute Gasteiger partial charge is 0.273 e. The van der Waals surface area contributed by atoms with Crippen molar-refractivity contribution in [3.05, 3.63) is 63.7 Å². The van der Waals surface area contributed by atoms with Crippen LogP contribution >= 0.6 is 0 Å². The van der Waals surface area contributed by atoms with Crippen LogP contribution in [0.2, 0.25) is 0 Å². The molecule has 7 heteroatoms. The Labute approximate surface area is 113 Å². The zero-order valence-corrected chi connectivity index (χ0v) is 10.3. The van der Waals surface area contributed by atoms with Crippen molar-refractivity contribution in [1.82, 2.24) is 0 Å². The van der Waals surface area contributed by atoms with E-state index in [9.17, 15) is 18.9 Å². The van der Waals surface area contributed by atoms with E-state index in [4.69, 9.17) is 5.73 Å². The van der Waals surface area contributed by atoms with Crippen LogP contribution in [-0.4, -0.2) is 4.92 Å². The van der Waals surface area contributed by atoms with Crippen LogP contribution in [-0.2, 0) is 6.54 Å². The van der Waals surface area contributed by atoms with Gasteiger partial charge in [-0.15, -0.1) is 0 Å². The van der Waals surface area contributed by atoms with Crippen molar-refractivity contribution in [3.63, 3.8) is 0 Å². The summed E-state index contributed by atoms with van der Waals surface area (Å²) in [7, 11) is 0. The molecule has 5 nitrogen and oxygen atoms in total. The summed E-state index contributed by atoms with van der Waals surface area (Å²) in [5.74, 6) is -1.11. The van der Waals surface area contributed by atoms with Gasteiger partial charge in [0.25, 0.3) is 5.69 Å². The summed E-state index contributed by atoms with van der Waals surface area (Å²) in [6.07, 6.45) is 0. The zero-order chi connectivity index (χ0) is 14.7. The highest BCUT2D eigenvalue weighted by molar-refractivity contribution is 5.61. The maximum atomic E-state index is 13.4. The van der Waals surface area contributed by atoms with Crippen LogP contribution in [0.5, 0.6) is 0 Å². The van der Waals surface area contributed by atoms with Crippen molar-refractivity contribution in [3.8, 4) is 0 Å². The van der Waals surface area contributed by atoms with E-state index in [0.29, 0.717) is 5.69 Å². The average Bonchev–Trinajstić information content (AvgIpc) is 2.39. The number of hydrogen-bond acceptors (Lipinski definition) is 4. The normalized spacial score (nSPS) is 10.3. The van der Waals surface area contributed by atoms with Gasteiger partial charge in [0, 0.05) is 35.6 Å². The number of rotatable bonds is 4. The molecule has 0 saturated heterocycles. The third-order valence-electron chi connectivity index (χ3n) is 2.64. The first-order valence-electron chi connectivity index (χ1n) is 5.68. The monoisotopic (exact) mass is 279 g/mol. The summed E-state index contributed by atoms with van der Waals surface area (Å²) in [4.78, 5) is 10.1. The second kappa shape index (κ2) is 5.52. The van der Waals surface area contributed by atoms with Crippen LogP contribution in [0.3, 0.4) is 0 Å². The van der Waals surface area contributed by atoms with Crippen molar-refractivity contribution < 1.29 is 13.7 Å². The van der Waals surface area contributed by atoms with Gasteiger partial charge in [-0.3, -0.25) is 10.1 Å². The predicted octanol–water partition coefficient (Wildman–Crippen LogP) is 3.07. The van der Waals surface area contributed by atoms with Gasteiger partial charge in [-0.05, 0) is 24.3 Å². The Morgan fingerprint density at radius 3 is 2.65 bits per heavy atom. The topological polar surface area (TPSA) is 81.2 Å². The van der Waals surface area contributed by atoms with Gasteiger partial charge in [-0.1, -0.05) is 0 Å². The maximum absolute atomic E-state index is 13.4. The Morgan fingerprint density at radius 2 is 1.95 bits per heavy atom. The average molecular weight is 279 g/mol. The van der Waals surface area contributed by atoms with E-state index in [0.717, 1.165) is 18.2 Å². The van der Waals surface area contributed by atoms with Crippen LogP contribution in [0.15, 0.2) is 36.4 Å². The van der Waals surface area contributed by atoms with E-state index in [2.05, 4.69) is 5.32 Å². The van der Waals surface area contributed by atoms with E-state index < -0.39 is 16.6 Å². The molecule has 0 aliphatic carbocycles. The van der Waals surface area contributed by atoms with Crippen LogP contribution in [0.25, 0.3) is 0 Å². The van der Waals surface area contributed by atoms with Gasteiger partial charge in [0.2, 0.25) is 0 Å². The Kier molecular flexibility index (Phi) is 3.79. The Bertz CT molecular complexity index is 662. The number of non-ortho nitro benzene ring substituents is 1. The quantitative estimate of drug-likeness (QED) is 0.512. The first-order valence-corrected chi connectivity index (χ1v) is 5.68. The lowest BCUT2D eigenvalue weighted by Gasteiger charge is -2.08. The predicted molar refractivity (Wildman–Crippen MR) is 71.2 cm³/mol. The Hall–Kier alpha value is -2.70. The summed E-state index contributed by atoms with van der Waals surface area (Å²) >= 11 is 0. The molecular weight excluding hydrogens is 268 g/mol. The molecule has 0 aliphatic heterocycles. The minimum atomic E-state index is -0.579. The molecular formula is C13H11F2N3O2. The lowest BCUT2D eigenvalue weighted by molar-refractivity contribution is -0.384. The van der Waals surface area contributed by atoms with Crippen LogP contribution < -0.4 is 11.1 Å². The molecule has 0 amide bonds. The van der Waals surface area contributed by atoms with Crippen molar-refractivity contribution in [2.45, 2.75) is 6.54 Å². The first kappa shape index (κ1) is 13.7. The molecule has 20 heavy (non-hydrogen) atoms. The van der Waals surface area contributed by atoms with Crippen LogP contribution in [0.1, 0.15) is 5.56 Å². The SMILES string of the molecule is Nc1cc(NCc2cc(F)ccc2F)cc([N+](=O)[O-])c1. The number of nitro groups is 1. The van der Waals surface area contributed by atoms with Gasteiger partial charge in [0.1, 0.15) is 11.6 Å². The maximum Gasteiger partial charge on any atom is 0.273 e. The molecule has 104 valence electrons. The highest BCUT2D eigenvalue weighted by Crippen LogP contribution is 2.23. The van der Waals surface area contributed by atoms with Crippen LogP contribution in [0, 0.1) is 21.7 Å². The second-order valence-electron chi connectivity index (χ2n) is 4.16. The molecule has 0 atom stereocenters. The number of nitrogens with two attached hydrogens (primary N) is 1. The summed E-state index contributed by atoms with van der Waals surface area (Å²) in [6.45, 7) is -0.00972. The number of nitro benzene ring substituents is 1. The number of benzene rings is 2. The van der Waals surface area contributed by atoms with Gasteiger partial charge >= 0.3 is 0 Å². The first-order chi connectivity index (χ1) is 9.45. The molecule has 0 bridgehead atoms. The molecule has 2 aromatic rings. The standard InChI is InChI=1S/C13H11F2N3O2/c14-9-1-2-13(15)8(3-9)7-17-11-4-10(16)5-12(6-11)18(19)20/h1-6,17H,7,16H2. The summed E-state index contributed by atoms with van der Waals surface area (Å²) < 4.78 is 26.4. The minimum absolute atomic E-state index is 0.00972. The van der Waals surface area contributed by atoms with Crippen molar-refractivity contribution in [2.24, 2.45) is 0 Å². The Balaban J connectivity index is 2.18. The molecule has 0 aromatic heterocycles. The van der Waals surface area contributed by atoms with E-state index in [1.165, 1.54) is 18.2 Å². The third kappa shape index (κ3) is 3.19. The molecule has 3 N–H and O–H groups in total. The van der Waals surface area contributed by atoms with E-state index in [1.807, 2.05) is 0 Å². The number of nitrogens with one attached hydrogen (secondary N) is 1. The molecule has 0 fully saturated rings. The lowest BCUT2D eigenvalue weighted by atomic mass is 10.2. The van der Waals surface area contributed by atoms with Crippen molar-refractivity contribution in [2.75, 3.05) is 11.1 Å². The summed E-state index contributed by atoms with van der Waals surface area (Å²) in [5, 5.41) is 13.5. The zero-order valence-electron chi connectivity index (χ0n) is 10.3. The molecule has 0 saturated carbocycles. The fourth-order valence-electron chi connectivity index (χ4n) is 1.72. The van der Waals surface area contributed by atoms with Crippen molar-refractivity contribution >= 4 is 17.1 Å². The molecule has 0 aliphatic rings. The van der Waals surface area contributed by atoms with Gasteiger partial charge in [0.15, 0.2) is 0 Å². The fraction of sp³-hybridized carbons (Fsp3) is 0.0769. The number of nitrogen functional groups attached to an aromatic ring is 1. The lowest BCUT2D eigenvalue weighted by Crippen LogP contribution is -2.03. The second-order valence-corrected chi connectivity index (χ2v) is 4.16. The molecule has 0 radical (unpaired) electrons. The summed E-state index contributed by atoms with van der Waals surface area (Å²) in [6, 6.07) is 7.06. The van der Waals surface area contributed by atoms with E-state index >= 15 is 0 Å². The third-order valence-corrected chi connectivity index (χ3v) is 2.64. The number of anilines is 2. The summed E-state index contributed by atoms with van der Waals surface area (Å²) in [5.41, 5.74) is 6.06.